The van der Waals surface area contributed by atoms with Crippen LogP contribution in [0.5, 0.6) is 5.75 Å². The van der Waals surface area contributed by atoms with E-state index in [1.165, 1.54) is 24.2 Å². The van der Waals surface area contributed by atoms with Gasteiger partial charge < -0.3 is 15.0 Å². The summed E-state index contributed by atoms with van der Waals surface area (Å²) in [5, 5.41) is 3.34. The Kier molecular flexibility index (Phi) is 6.00. The summed E-state index contributed by atoms with van der Waals surface area (Å²) in [5.41, 5.74) is 1.10. The Morgan fingerprint density at radius 3 is 2.28 bits per heavy atom. The highest BCUT2D eigenvalue weighted by atomic mass is 16.5. The van der Waals surface area contributed by atoms with Gasteiger partial charge in [0, 0.05) is 23.4 Å². The van der Waals surface area contributed by atoms with E-state index in [0.29, 0.717) is 17.9 Å². The zero-order valence-corrected chi connectivity index (χ0v) is 15.9. The molecular formula is C21H33N2O2+. The Balaban J connectivity index is 1.82. The molecule has 2 aliphatic rings. The van der Waals surface area contributed by atoms with Crippen molar-refractivity contribution in [3.8, 4) is 5.75 Å². The van der Waals surface area contributed by atoms with Crippen LogP contribution in [0.3, 0.4) is 0 Å². The van der Waals surface area contributed by atoms with E-state index in [4.69, 9.17) is 4.74 Å². The molecule has 1 saturated carbocycles. The number of carbonyl (C=O) groups excluding carboxylic acids is 1. The lowest BCUT2D eigenvalue weighted by atomic mass is 9.89. The van der Waals surface area contributed by atoms with Gasteiger partial charge in [-0.2, -0.15) is 0 Å². The Morgan fingerprint density at radius 1 is 1.12 bits per heavy atom. The van der Waals surface area contributed by atoms with Gasteiger partial charge in [-0.15, -0.1) is 0 Å². The average molecular weight is 346 g/mol. The molecule has 1 heterocycles. The fourth-order valence-corrected chi connectivity index (χ4v) is 4.79. The van der Waals surface area contributed by atoms with Crippen molar-refractivity contribution >= 4 is 5.91 Å². The Hall–Kier alpha value is -1.55. The molecule has 1 aliphatic heterocycles. The number of amides is 1. The Bertz CT molecular complexity index is 556. The molecule has 2 N–H and O–H groups in total. The van der Waals surface area contributed by atoms with E-state index in [9.17, 15) is 4.79 Å². The lowest BCUT2D eigenvalue weighted by Crippen LogP contribution is -3.15. The van der Waals surface area contributed by atoms with Crippen LogP contribution in [0, 0.1) is 11.8 Å². The summed E-state index contributed by atoms with van der Waals surface area (Å²) < 4.78 is 5.29. The predicted molar refractivity (Wildman–Crippen MR) is 99.8 cm³/mol. The summed E-state index contributed by atoms with van der Waals surface area (Å²) in [7, 11) is 1.68. The number of quaternary nitrogens is 1. The monoisotopic (exact) mass is 345 g/mol. The summed E-state index contributed by atoms with van der Waals surface area (Å²) >= 11 is 0. The van der Waals surface area contributed by atoms with E-state index >= 15 is 0 Å². The highest BCUT2D eigenvalue weighted by Gasteiger charge is 2.37. The van der Waals surface area contributed by atoms with E-state index in [2.05, 4.69) is 31.3 Å². The first-order valence-electron chi connectivity index (χ1n) is 9.85. The molecule has 0 spiro atoms. The highest BCUT2D eigenvalue weighted by molar-refractivity contribution is 5.82. The molecular weight excluding hydrogens is 312 g/mol. The van der Waals surface area contributed by atoms with Crippen molar-refractivity contribution in [2.24, 2.45) is 11.8 Å². The van der Waals surface area contributed by atoms with E-state index in [0.717, 1.165) is 37.2 Å². The molecule has 1 aliphatic carbocycles. The molecule has 1 aromatic carbocycles. The number of nitrogens with one attached hydrogen (secondary N) is 2. The number of piperidine rings is 1. The van der Waals surface area contributed by atoms with Crippen molar-refractivity contribution in [3.63, 3.8) is 0 Å². The normalized spacial score (nSPS) is 28.5. The van der Waals surface area contributed by atoms with E-state index in [1.807, 2.05) is 12.1 Å². The fourth-order valence-electron chi connectivity index (χ4n) is 4.79. The summed E-state index contributed by atoms with van der Waals surface area (Å²) in [6, 6.07) is 8.33. The van der Waals surface area contributed by atoms with Crippen molar-refractivity contribution in [3.05, 3.63) is 29.8 Å². The van der Waals surface area contributed by atoms with Gasteiger partial charge in [0.05, 0.1) is 20.2 Å². The van der Waals surface area contributed by atoms with Gasteiger partial charge in [-0.05, 0) is 43.5 Å². The van der Waals surface area contributed by atoms with Gasteiger partial charge >= 0.3 is 0 Å². The van der Waals surface area contributed by atoms with Crippen LogP contribution >= 0.6 is 0 Å². The maximum atomic E-state index is 13.2. The number of rotatable bonds is 5. The van der Waals surface area contributed by atoms with E-state index in [-0.39, 0.29) is 11.9 Å². The quantitative estimate of drug-likeness (QED) is 0.860. The van der Waals surface area contributed by atoms with Crippen LogP contribution < -0.4 is 15.0 Å². The number of ether oxygens (including phenoxy) is 1. The number of hydrogen-bond acceptors (Lipinski definition) is 2. The first-order valence-corrected chi connectivity index (χ1v) is 9.85. The zero-order valence-electron chi connectivity index (χ0n) is 15.9. The van der Waals surface area contributed by atoms with Gasteiger partial charge in [-0.25, -0.2) is 0 Å². The summed E-state index contributed by atoms with van der Waals surface area (Å²) in [5.74, 6) is 2.38. The molecule has 3 rings (SSSR count). The average Bonchev–Trinajstić information content (AvgIpc) is 3.08. The first kappa shape index (κ1) is 18.2. The summed E-state index contributed by atoms with van der Waals surface area (Å²) in [6.45, 7) is 6.77. The number of likely N-dealkylation sites (tertiary alicyclic amines) is 1. The largest absolute Gasteiger partial charge is 0.497 e. The molecule has 0 aromatic heterocycles. The van der Waals surface area contributed by atoms with Crippen LogP contribution in [0.15, 0.2) is 24.3 Å². The van der Waals surface area contributed by atoms with Crippen LogP contribution in [0.25, 0.3) is 0 Å². The molecule has 1 saturated heterocycles. The van der Waals surface area contributed by atoms with Crippen molar-refractivity contribution in [1.82, 2.24) is 5.32 Å². The standard InChI is InChI=1S/C21H32N2O2/c1-15-12-16(2)14-23(13-15)20(17-8-10-19(25-3)11-9-17)21(24)22-18-6-4-5-7-18/h8-11,15-16,18,20H,4-7,12-14H2,1-3H3,(H,22,24)/p+1. The maximum Gasteiger partial charge on any atom is 0.283 e. The van der Waals surface area contributed by atoms with Crippen molar-refractivity contribution in [1.29, 1.82) is 0 Å². The number of carbonyl (C=O) groups is 1. The van der Waals surface area contributed by atoms with Crippen LogP contribution in [0.4, 0.5) is 0 Å². The van der Waals surface area contributed by atoms with Crippen molar-refractivity contribution < 1.29 is 14.4 Å². The SMILES string of the molecule is COc1ccc(C(C(=O)NC2CCCC2)[NH+]2CC(C)CC(C)C2)cc1. The third-order valence-electron chi connectivity index (χ3n) is 5.85. The molecule has 4 nitrogen and oxygen atoms in total. The molecule has 138 valence electrons. The Labute approximate surface area is 151 Å². The predicted octanol–water partition coefficient (Wildman–Crippen LogP) is 2.36. The zero-order chi connectivity index (χ0) is 17.8. The minimum Gasteiger partial charge on any atom is -0.497 e. The third-order valence-corrected chi connectivity index (χ3v) is 5.85. The van der Waals surface area contributed by atoms with Gasteiger partial charge in [-0.3, -0.25) is 4.79 Å². The Morgan fingerprint density at radius 2 is 1.72 bits per heavy atom. The minimum absolute atomic E-state index is 0.114. The van der Waals surface area contributed by atoms with Crippen molar-refractivity contribution in [2.75, 3.05) is 20.2 Å². The van der Waals surface area contributed by atoms with Crippen LogP contribution in [-0.2, 0) is 4.79 Å². The second-order valence-corrected chi connectivity index (χ2v) is 8.21. The number of hydrogen-bond donors (Lipinski definition) is 2. The van der Waals surface area contributed by atoms with E-state index < -0.39 is 0 Å². The summed E-state index contributed by atoms with van der Waals surface area (Å²) in [6.07, 6.45) is 6.00. The summed E-state index contributed by atoms with van der Waals surface area (Å²) in [4.78, 5) is 14.6. The molecule has 1 amide bonds. The number of methoxy groups -OCH3 is 1. The topological polar surface area (TPSA) is 42.8 Å². The van der Waals surface area contributed by atoms with Crippen molar-refractivity contribution in [2.45, 2.75) is 58.0 Å². The fraction of sp³-hybridized carbons (Fsp3) is 0.667. The van der Waals surface area contributed by atoms with Gasteiger partial charge in [0.2, 0.25) is 0 Å². The minimum atomic E-state index is -0.114. The van der Waals surface area contributed by atoms with E-state index in [1.54, 1.807) is 7.11 Å². The molecule has 3 unspecified atom stereocenters. The first-order chi connectivity index (χ1) is 12.1. The van der Waals surface area contributed by atoms with Crippen LogP contribution in [0.2, 0.25) is 0 Å². The maximum absolute atomic E-state index is 13.2. The van der Waals surface area contributed by atoms with Gasteiger partial charge in [0.25, 0.3) is 5.91 Å². The molecule has 25 heavy (non-hydrogen) atoms. The second kappa shape index (κ2) is 8.22. The second-order valence-electron chi connectivity index (χ2n) is 8.21. The van der Waals surface area contributed by atoms with Gasteiger partial charge in [0.15, 0.2) is 6.04 Å². The van der Waals surface area contributed by atoms with Gasteiger partial charge in [0.1, 0.15) is 5.75 Å². The molecule has 3 atom stereocenters. The van der Waals surface area contributed by atoms with Gasteiger partial charge in [-0.1, -0.05) is 26.7 Å². The lowest BCUT2D eigenvalue weighted by Gasteiger charge is -2.37. The highest BCUT2D eigenvalue weighted by Crippen LogP contribution is 2.22. The molecule has 0 radical (unpaired) electrons. The van der Waals surface area contributed by atoms with Crippen LogP contribution in [-0.4, -0.2) is 32.1 Å². The third kappa shape index (κ3) is 4.55. The molecule has 4 heteroatoms. The molecule has 1 aromatic rings. The lowest BCUT2D eigenvalue weighted by molar-refractivity contribution is -0.933. The number of benzene rings is 1. The molecule has 0 bridgehead atoms. The smallest absolute Gasteiger partial charge is 0.283 e. The van der Waals surface area contributed by atoms with Crippen LogP contribution in [0.1, 0.15) is 57.6 Å². The molecule has 2 fully saturated rings.